The summed E-state index contributed by atoms with van der Waals surface area (Å²) in [6, 6.07) is 11.7. The van der Waals surface area contributed by atoms with Crippen LogP contribution in [0.25, 0.3) is 0 Å². The van der Waals surface area contributed by atoms with Gasteiger partial charge in [0.1, 0.15) is 0 Å². The molecule has 2 aromatic rings. The van der Waals surface area contributed by atoms with Gasteiger partial charge in [-0.3, -0.25) is 14.3 Å². The quantitative estimate of drug-likeness (QED) is 0.673. The molecule has 144 valence electrons. The SMILES string of the molecule is Cc1ccc(NS(C)(=O)=O)c(C(=O)Nc2ccc(CC(C)C(=O)O)cc2)c1. The molecule has 1 unspecified atom stereocenters. The third kappa shape index (κ3) is 6.10. The van der Waals surface area contributed by atoms with Crippen LogP contribution >= 0.6 is 0 Å². The van der Waals surface area contributed by atoms with Crippen LogP contribution in [-0.4, -0.2) is 31.7 Å². The van der Waals surface area contributed by atoms with Gasteiger partial charge >= 0.3 is 5.97 Å². The first-order chi connectivity index (χ1) is 12.5. The number of sulfonamides is 1. The number of carboxylic acid groups (broad SMARTS) is 1. The van der Waals surface area contributed by atoms with E-state index in [-0.39, 0.29) is 11.3 Å². The van der Waals surface area contributed by atoms with Crippen LogP contribution in [0.1, 0.15) is 28.4 Å². The van der Waals surface area contributed by atoms with Gasteiger partial charge in [0.15, 0.2) is 0 Å². The number of rotatable bonds is 7. The first kappa shape index (κ1) is 20.4. The van der Waals surface area contributed by atoms with E-state index in [1.165, 1.54) is 0 Å². The zero-order valence-electron chi connectivity index (χ0n) is 15.3. The number of aliphatic carboxylic acids is 1. The molecule has 0 spiro atoms. The first-order valence-corrected chi connectivity index (χ1v) is 10.2. The van der Waals surface area contributed by atoms with Gasteiger partial charge in [0.25, 0.3) is 5.91 Å². The van der Waals surface area contributed by atoms with E-state index in [4.69, 9.17) is 5.11 Å². The molecule has 0 aliphatic heterocycles. The van der Waals surface area contributed by atoms with Crippen molar-refractivity contribution in [2.75, 3.05) is 16.3 Å². The number of anilines is 2. The monoisotopic (exact) mass is 390 g/mol. The third-order valence-electron chi connectivity index (χ3n) is 3.89. The summed E-state index contributed by atoms with van der Waals surface area (Å²) >= 11 is 0. The van der Waals surface area contributed by atoms with Gasteiger partial charge < -0.3 is 10.4 Å². The van der Waals surface area contributed by atoms with Gasteiger partial charge in [0, 0.05) is 5.69 Å². The maximum absolute atomic E-state index is 12.6. The van der Waals surface area contributed by atoms with E-state index in [9.17, 15) is 18.0 Å². The number of carboxylic acids is 1. The van der Waals surface area contributed by atoms with Gasteiger partial charge in [0.05, 0.1) is 23.4 Å². The van der Waals surface area contributed by atoms with E-state index in [2.05, 4.69) is 10.0 Å². The van der Waals surface area contributed by atoms with E-state index >= 15 is 0 Å². The van der Waals surface area contributed by atoms with Crippen molar-refractivity contribution in [2.24, 2.45) is 5.92 Å². The van der Waals surface area contributed by atoms with Crippen LogP contribution in [-0.2, 0) is 21.2 Å². The van der Waals surface area contributed by atoms with Crippen molar-refractivity contribution in [2.45, 2.75) is 20.3 Å². The topological polar surface area (TPSA) is 113 Å². The molecule has 27 heavy (non-hydrogen) atoms. The summed E-state index contributed by atoms with van der Waals surface area (Å²) in [5.41, 5.74) is 2.60. The number of carbonyl (C=O) groups is 2. The van der Waals surface area contributed by atoms with E-state index in [0.717, 1.165) is 17.4 Å². The van der Waals surface area contributed by atoms with Crippen LogP contribution in [0.2, 0.25) is 0 Å². The number of nitrogens with one attached hydrogen (secondary N) is 2. The molecule has 3 N–H and O–H groups in total. The minimum absolute atomic E-state index is 0.201. The Morgan fingerprint density at radius 2 is 1.74 bits per heavy atom. The number of carbonyl (C=O) groups excluding carboxylic acids is 1. The Balaban J connectivity index is 2.17. The average Bonchev–Trinajstić information content (AvgIpc) is 2.56. The molecule has 0 fully saturated rings. The molecule has 2 aromatic carbocycles. The lowest BCUT2D eigenvalue weighted by molar-refractivity contribution is -0.141. The van der Waals surface area contributed by atoms with Crippen molar-refractivity contribution in [3.63, 3.8) is 0 Å². The van der Waals surface area contributed by atoms with Crippen LogP contribution in [0.15, 0.2) is 42.5 Å². The normalized spacial score (nSPS) is 12.3. The van der Waals surface area contributed by atoms with Gasteiger partial charge in [-0.2, -0.15) is 0 Å². The number of benzene rings is 2. The van der Waals surface area contributed by atoms with E-state index in [0.29, 0.717) is 12.1 Å². The molecule has 8 heteroatoms. The van der Waals surface area contributed by atoms with Crippen LogP contribution in [0, 0.1) is 12.8 Å². The zero-order valence-corrected chi connectivity index (χ0v) is 16.1. The Hall–Kier alpha value is -2.87. The predicted molar refractivity (Wildman–Crippen MR) is 105 cm³/mol. The van der Waals surface area contributed by atoms with Crippen molar-refractivity contribution < 1.29 is 23.1 Å². The van der Waals surface area contributed by atoms with Gasteiger partial charge in [-0.05, 0) is 43.2 Å². The maximum atomic E-state index is 12.6. The molecule has 0 saturated heterocycles. The Morgan fingerprint density at radius 1 is 1.11 bits per heavy atom. The lowest BCUT2D eigenvalue weighted by Gasteiger charge is -2.13. The Morgan fingerprint density at radius 3 is 2.30 bits per heavy atom. The first-order valence-electron chi connectivity index (χ1n) is 8.26. The number of hydrogen-bond donors (Lipinski definition) is 3. The fraction of sp³-hybridized carbons (Fsp3) is 0.263. The minimum atomic E-state index is -3.52. The average molecular weight is 390 g/mol. The standard InChI is InChI=1S/C19H22N2O5S/c1-12-4-9-17(21-27(3,25)26)16(10-12)18(22)20-15-7-5-14(6-8-15)11-13(2)19(23)24/h4-10,13,21H,11H2,1-3H3,(H,20,22)(H,23,24). The summed E-state index contributed by atoms with van der Waals surface area (Å²) < 4.78 is 25.4. The molecule has 0 radical (unpaired) electrons. The van der Waals surface area contributed by atoms with E-state index in [1.807, 2.05) is 0 Å². The lowest BCUT2D eigenvalue weighted by atomic mass is 10.0. The molecule has 7 nitrogen and oxygen atoms in total. The summed E-state index contributed by atoms with van der Waals surface area (Å²) in [6.45, 7) is 3.44. The van der Waals surface area contributed by atoms with Crippen molar-refractivity contribution in [1.29, 1.82) is 0 Å². The van der Waals surface area contributed by atoms with Crippen LogP contribution in [0.4, 0.5) is 11.4 Å². The largest absolute Gasteiger partial charge is 0.481 e. The third-order valence-corrected chi connectivity index (χ3v) is 4.48. The second-order valence-electron chi connectivity index (χ2n) is 6.52. The summed E-state index contributed by atoms with van der Waals surface area (Å²) in [6.07, 6.45) is 1.41. The highest BCUT2D eigenvalue weighted by Gasteiger charge is 2.15. The second-order valence-corrected chi connectivity index (χ2v) is 8.27. The van der Waals surface area contributed by atoms with Crippen molar-refractivity contribution in [3.05, 3.63) is 59.2 Å². The molecule has 0 bridgehead atoms. The predicted octanol–water partition coefficient (Wildman–Crippen LogP) is 2.88. The van der Waals surface area contributed by atoms with Gasteiger partial charge in [-0.1, -0.05) is 30.7 Å². The highest BCUT2D eigenvalue weighted by molar-refractivity contribution is 7.92. The summed E-state index contributed by atoms with van der Waals surface area (Å²) in [5.74, 6) is -1.81. The maximum Gasteiger partial charge on any atom is 0.306 e. The lowest BCUT2D eigenvalue weighted by Crippen LogP contribution is -2.18. The Kier molecular flexibility index (Phi) is 6.22. The van der Waals surface area contributed by atoms with Crippen LogP contribution in [0.5, 0.6) is 0 Å². The highest BCUT2D eigenvalue weighted by Crippen LogP contribution is 2.21. The van der Waals surface area contributed by atoms with Crippen molar-refractivity contribution in [3.8, 4) is 0 Å². The van der Waals surface area contributed by atoms with Gasteiger partial charge in [-0.25, -0.2) is 8.42 Å². The molecular formula is C19H22N2O5S. The van der Waals surface area contributed by atoms with Gasteiger partial charge in [-0.15, -0.1) is 0 Å². The molecule has 1 atom stereocenters. The molecular weight excluding hydrogens is 368 g/mol. The van der Waals surface area contributed by atoms with Gasteiger partial charge in [0.2, 0.25) is 10.0 Å². The molecule has 0 aliphatic rings. The fourth-order valence-corrected chi connectivity index (χ4v) is 3.08. The molecule has 0 saturated carbocycles. The summed E-state index contributed by atoms with van der Waals surface area (Å²) in [5, 5.41) is 11.7. The van der Waals surface area contributed by atoms with Crippen LogP contribution < -0.4 is 10.0 Å². The summed E-state index contributed by atoms with van der Waals surface area (Å²) in [4.78, 5) is 23.5. The van der Waals surface area contributed by atoms with E-state index < -0.39 is 27.8 Å². The van der Waals surface area contributed by atoms with E-state index in [1.54, 1.807) is 56.3 Å². The molecule has 0 heterocycles. The van der Waals surface area contributed by atoms with Crippen molar-refractivity contribution in [1.82, 2.24) is 0 Å². The molecule has 0 aliphatic carbocycles. The van der Waals surface area contributed by atoms with Crippen molar-refractivity contribution >= 4 is 33.3 Å². The van der Waals surface area contributed by atoms with Crippen LogP contribution in [0.3, 0.4) is 0 Å². The molecule has 1 amide bonds. The second kappa shape index (κ2) is 8.22. The minimum Gasteiger partial charge on any atom is -0.481 e. The molecule has 0 aromatic heterocycles. The number of amides is 1. The number of hydrogen-bond acceptors (Lipinski definition) is 4. The highest BCUT2D eigenvalue weighted by atomic mass is 32.2. The number of aryl methyl sites for hydroxylation is 1. The zero-order chi connectivity index (χ0) is 20.2. The summed E-state index contributed by atoms with van der Waals surface area (Å²) in [7, 11) is -3.52. The Labute approximate surface area is 158 Å². The smallest absolute Gasteiger partial charge is 0.306 e. The molecule has 2 rings (SSSR count). The Bertz CT molecular complexity index is 953. The fourth-order valence-electron chi connectivity index (χ4n) is 2.50.